The standard InChI is InChI=1S/C12H17N5O/c1-8(10-4-3-5-18-10)16-11-9-6-15-17(2)12(9)14-7-13-11/h6-8,10H,3-5H2,1-2H3,(H,13,14,16)/t8-,10-/m0/s1. The van der Waals surface area contributed by atoms with Gasteiger partial charge in [0.15, 0.2) is 5.65 Å². The van der Waals surface area contributed by atoms with E-state index in [0.717, 1.165) is 36.3 Å². The Bertz CT molecular complexity index is 546. The van der Waals surface area contributed by atoms with Gasteiger partial charge in [-0.1, -0.05) is 0 Å². The molecule has 1 aliphatic rings. The van der Waals surface area contributed by atoms with Crippen molar-refractivity contribution < 1.29 is 4.74 Å². The van der Waals surface area contributed by atoms with E-state index in [0.29, 0.717) is 0 Å². The van der Waals surface area contributed by atoms with Crippen LogP contribution in [0.25, 0.3) is 11.0 Å². The predicted molar refractivity (Wildman–Crippen MR) is 68.4 cm³/mol. The number of hydrogen-bond acceptors (Lipinski definition) is 5. The van der Waals surface area contributed by atoms with Gasteiger partial charge in [0.05, 0.1) is 23.7 Å². The number of nitrogens with zero attached hydrogens (tertiary/aromatic N) is 4. The summed E-state index contributed by atoms with van der Waals surface area (Å²) in [6.45, 7) is 2.99. The zero-order chi connectivity index (χ0) is 12.5. The van der Waals surface area contributed by atoms with Crippen molar-refractivity contribution in [2.24, 2.45) is 7.05 Å². The van der Waals surface area contributed by atoms with E-state index in [1.165, 1.54) is 0 Å². The van der Waals surface area contributed by atoms with Crippen LogP contribution in [-0.4, -0.2) is 38.5 Å². The number of ether oxygens (including phenoxy) is 1. The Kier molecular flexibility index (Phi) is 2.87. The smallest absolute Gasteiger partial charge is 0.163 e. The van der Waals surface area contributed by atoms with Gasteiger partial charge in [-0.25, -0.2) is 9.97 Å². The van der Waals surface area contributed by atoms with Crippen molar-refractivity contribution >= 4 is 16.9 Å². The Morgan fingerprint density at radius 2 is 2.39 bits per heavy atom. The number of aryl methyl sites for hydroxylation is 1. The quantitative estimate of drug-likeness (QED) is 0.886. The van der Waals surface area contributed by atoms with Crippen LogP contribution in [0.1, 0.15) is 19.8 Å². The Morgan fingerprint density at radius 1 is 1.50 bits per heavy atom. The monoisotopic (exact) mass is 247 g/mol. The van der Waals surface area contributed by atoms with Gasteiger partial charge in [-0.05, 0) is 19.8 Å². The Morgan fingerprint density at radius 3 is 3.17 bits per heavy atom. The third-order valence-electron chi connectivity index (χ3n) is 3.42. The maximum absolute atomic E-state index is 5.68. The zero-order valence-electron chi connectivity index (χ0n) is 10.6. The van der Waals surface area contributed by atoms with E-state index in [4.69, 9.17) is 4.74 Å². The van der Waals surface area contributed by atoms with Gasteiger partial charge in [0.25, 0.3) is 0 Å². The number of aromatic nitrogens is 4. The average Bonchev–Trinajstić information content (AvgIpc) is 3.00. The van der Waals surface area contributed by atoms with Crippen molar-refractivity contribution in [1.29, 1.82) is 0 Å². The molecule has 1 N–H and O–H groups in total. The second-order valence-corrected chi connectivity index (χ2v) is 4.71. The summed E-state index contributed by atoms with van der Waals surface area (Å²) < 4.78 is 7.43. The summed E-state index contributed by atoms with van der Waals surface area (Å²) in [6, 6.07) is 0.241. The minimum atomic E-state index is 0.241. The number of nitrogens with one attached hydrogen (secondary N) is 1. The molecule has 0 bridgehead atoms. The molecule has 0 spiro atoms. The summed E-state index contributed by atoms with van der Waals surface area (Å²) in [5.74, 6) is 0.830. The van der Waals surface area contributed by atoms with E-state index >= 15 is 0 Å². The van der Waals surface area contributed by atoms with Crippen LogP contribution >= 0.6 is 0 Å². The molecule has 2 aromatic rings. The van der Waals surface area contributed by atoms with Crippen LogP contribution in [-0.2, 0) is 11.8 Å². The number of hydrogen-bond donors (Lipinski definition) is 1. The van der Waals surface area contributed by atoms with Crippen LogP contribution in [0.2, 0.25) is 0 Å². The van der Waals surface area contributed by atoms with Gasteiger partial charge in [0.2, 0.25) is 0 Å². The summed E-state index contributed by atoms with van der Waals surface area (Å²) in [7, 11) is 1.88. The topological polar surface area (TPSA) is 64.9 Å². The van der Waals surface area contributed by atoms with Crippen LogP contribution in [0.15, 0.2) is 12.5 Å². The number of anilines is 1. The lowest BCUT2D eigenvalue weighted by atomic mass is 10.1. The first-order valence-electron chi connectivity index (χ1n) is 6.26. The first kappa shape index (κ1) is 11.4. The fourth-order valence-corrected chi connectivity index (χ4v) is 2.38. The van der Waals surface area contributed by atoms with E-state index in [1.54, 1.807) is 17.2 Å². The molecule has 0 amide bonds. The maximum atomic E-state index is 5.68. The molecular formula is C12H17N5O. The third-order valence-corrected chi connectivity index (χ3v) is 3.42. The second kappa shape index (κ2) is 4.53. The highest BCUT2D eigenvalue weighted by Crippen LogP contribution is 2.22. The summed E-state index contributed by atoms with van der Waals surface area (Å²) in [6.07, 6.45) is 5.87. The fraction of sp³-hybridized carbons (Fsp3) is 0.583. The normalized spacial score (nSPS) is 21.3. The van der Waals surface area contributed by atoms with Crippen molar-refractivity contribution in [1.82, 2.24) is 19.7 Å². The minimum absolute atomic E-state index is 0.241. The van der Waals surface area contributed by atoms with E-state index in [1.807, 2.05) is 7.05 Å². The van der Waals surface area contributed by atoms with E-state index < -0.39 is 0 Å². The molecule has 3 rings (SSSR count). The van der Waals surface area contributed by atoms with Gasteiger partial charge in [-0.15, -0.1) is 0 Å². The van der Waals surface area contributed by atoms with Crippen LogP contribution in [0.3, 0.4) is 0 Å². The number of fused-ring (bicyclic) bond motifs is 1. The van der Waals surface area contributed by atoms with Gasteiger partial charge in [0.1, 0.15) is 12.1 Å². The molecule has 6 heteroatoms. The lowest BCUT2D eigenvalue weighted by Gasteiger charge is -2.20. The maximum Gasteiger partial charge on any atom is 0.163 e. The highest BCUT2D eigenvalue weighted by atomic mass is 16.5. The minimum Gasteiger partial charge on any atom is -0.376 e. The van der Waals surface area contributed by atoms with Gasteiger partial charge < -0.3 is 10.1 Å². The van der Waals surface area contributed by atoms with Gasteiger partial charge >= 0.3 is 0 Å². The van der Waals surface area contributed by atoms with E-state index in [9.17, 15) is 0 Å². The Hall–Kier alpha value is -1.69. The Labute approximate surface area is 105 Å². The van der Waals surface area contributed by atoms with E-state index in [2.05, 4.69) is 27.3 Å². The molecular weight excluding hydrogens is 230 g/mol. The molecule has 0 radical (unpaired) electrons. The highest BCUT2D eigenvalue weighted by molar-refractivity contribution is 5.86. The van der Waals surface area contributed by atoms with Crippen molar-refractivity contribution in [3.63, 3.8) is 0 Å². The molecule has 2 aromatic heterocycles. The molecule has 0 aromatic carbocycles. The van der Waals surface area contributed by atoms with Crippen LogP contribution in [0.5, 0.6) is 0 Å². The molecule has 1 fully saturated rings. The molecule has 6 nitrogen and oxygen atoms in total. The molecule has 0 unspecified atom stereocenters. The van der Waals surface area contributed by atoms with Gasteiger partial charge in [-0.3, -0.25) is 4.68 Å². The summed E-state index contributed by atoms with van der Waals surface area (Å²) in [4.78, 5) is 8.52. The highest BCUT2D eigenvalue weighted by Gasteiger charge is 2.23. The second-order valence-electron chi connectivity index (χ2n) is 4.71. The fourth-order valence-electron chi connectivity index (χ4n) is 2.38. The largest absolute Gasteiger partial charge is 0.376 e. The summed E-state index contributed by atoms with van der Waals surface area (Å²) in [5, 5.41) is 8.56. The average molecular weight is 247 g/mol. The summed E-state index contributed by atoms with van der Waals surface area (Å²) >= 11 is 0. The first-order chi connectivity index (χ1) is 8.75. The van der Waals surface area contributed by atoms with Crippen LogP contribution in [0, 0.1) is 0 Å². The molecule has 0 aliphatic carbocycles. The van der Waals surface area contributed by atoms with Crippen molar-refractivity contribution in [2.45, 2.75) is 31.9 Å². The lowest BCUT2D eigenvalue weighted by molar-refractivity contribution is 0.0996. The third kappa shape index (κ3) is 1.92. The van der Waals surface area contributed by atoms with Gasteiger partial charge in [-0.2, -0.15) is 5.10 Å². The molecule has 96 valence electrons. The van der Waals surface area contributed by atoms with Gasteiger partial charge in [0, 0.05) is 13.7 Å². The molecule has 2 atom stereocenters. The van der Waals surface area contributed by atoms with Crippen molar-refractivity contribution in [3.05, 3.63) is 12.5 Å². The van der Waals surface area contributed by atoms with Crippen LogP contribution < -0.4 is 5.32 Å². The molecule has 0 saturated carbocycles. The molecule has 1 saturated heterocycles. The molecule has 3 heterocycles. The van der Waals surface area contributed by atoms with Crippen molar-refractivity contribution in [3.8, 4) is 0 Å². The predicted octanol–water partition coefficient (Wildman–Crippen LogP) is 1.34. The summed E-state index contributed by atoms with van der Waals surface area (Å²) in [5.41, 5.74) is 0.840. The first-order valence-corrected chi connectivity index (χ1v) is 6.26. The SMILES string of the molecule is C[C@H](Nc1ncnc2c1cnn2C)[C@@H]1CCCO1. The molecule has 18 heavy (non-hydrogen) atoms. The lowest BCUT2D eigenvalue weighted by Crippen LogP contribution is -2.30. The zero-order valence-corrected chi connectivity index (χ0v) is 10.6. The number of rotatable bonds is 3. The van der Waals surface area contributed by atoms with Crippen LogP contribution in [0.4, 0.5) is 5.82 Å². The molecule has 1 aliphatic heterocycles. The Balaban J connectivity index is 1.85. The van der Waals surface area contributed by atoms with Crippen molar-refractivity contribution in [2.75, 3.05) is 11.9 Å². The van der Waals surface area contributed by atoms with E-state index in [-0.39, 0.29) is 12.1 Å².